The Balaban J connectivity index is 1.52. The van der Waals surface area contributed by atoms with Crippen LogP contribution in [-0.2, 0) is 6.42 Å². The summed E-state index contributed by atoms with van der Waals surface area (Å²) >= 11 is 0. The van der Waals surface area contributed by atoms with Crippen LogP contribution < -0.4 is 10.2 Å². The molecule has 0 saturated carbocycles. The number of nitrogens with zero attached hydrogens (tertiary/aromatic N) is 3. The van der Waals surface area contributed by atoms with Crippen LogP contribution in [0.4, 0.5) is 11.6 Å². The van der Waals surface area contributed by atoms with Crippen molar-refractivity contribution in [2.75, 3.05) is 29.9 Å². The topological polar surface area (TPSA) is 54.2 Å². The summed E-state index contributed by atoms with van der Waals surface area (Å²) in [5, 5.41) is 7.50. The van der Waals surface area contributed by atoms with E-state index in [-0.39, 0.29) is 0 Å². The van der Waals surface area contributed by atoms with E-state index in [2.05, 4.69) is 39.4 Å². The second kappa shape index (κ2) is 6.61. The third-order valence-corrected chi connectivity index (χ3v) is 3.90. The van der Waals surface area contributed by atoms with E-state index in [4.69, 9.17) is 4.52 Å². The standard InChI is InChI=1S/C16H22N4O/c1-13-7-3-4-8-14(13)17-10-9-15-18-16(19-21-15)20-11-5-2-6-12-20/h3-4,7-8,17H,2,5-6,9-12H2,1H3. The van der Waals surface area contributed by atoms with Gasteiger partial charge >= 0.3 is 0 Å². The average Bonchev–Trinajstić information content (AvgIpc) is 2.99. The Bertz CT molecular complexity index is 575. The zero-order chi connectivity index (χ0) is 14.5. The molecule has 2 heterocycles. The highest BCUT2D eigenvalue weighted by Gasteiger charge is 2.16. The molecule has 1 aromatic carbocycles. The summed E-state index contributed by atoms with van der Waals surface area (Å²) in [6, 6.07) is 8.27. The lowest BCUT2D eigenvalue weighted by molar-refractivity contribution is 0.378. The van der Waals surface area contributed by atoms with Crippen molar-refractivity contribution in [2.24, 2.45) is 0 Å². The lowest BCUT2D eigenvalue weighted by Crippen LogP contribution is -2.30. The van der Waals surface area contributed by atoms with Gasteiger partial charge in [-0.2, -0.15) is 4.98 Å². The quantitative estimate of drug-likeness (QED) is 0.915. The molecule has 0 aliphatic carbocycles. The second-order valence-electron chi connectivity index (χ2n) is 5.53. The maximum Gasteiger partial charge on any atom is 0.266 e. The van der Waals surface area contributed by atoms with Crippen molar-refractivity contribution in [3.63, 3.8) is 0 Å². The summed E-state index contributed by atoms with van der Waals surface area (Å²) in [7, 11) is 0. The summed E-state index contributed by atoms with van der Waals surface area (Å²) < 4.78 is 5.34. The number of piperidine rings is 1. The molecule has 1 N–H and O–H groups in total. The van der Waals surface area contributed by atoms with E-state index in [0.29, 0.717) is 5.89 Å². The summed E-state index contributed by atoms with van der Waals surface area (Å²) in [5.74, 6) is 1.46. The molecule has 0 radical (unpaired) electrons. The number of benzene rings is 1. The molecule has 0 atom stereocenters. The number of aryl methyl sites for hydroxylation is 1. The first-order valence-corrected chi connectivity index (χ1v) is 7.70. The molecule has 1 aliphatic heterocycles. The van der Waals surface area contributed by atoms with E-state index in [0.717, 1.165) is 37.7 Å². The van der Waals surface area contributed by atoms with Gasteiger partial charge in [0, 0.05) is 31.7 Å². The zero-order valence-electron chi connectivity index (χ0n) is 12.5. The van der Waals surface area contributed by atoms with Gasteiger partial charge in [0.05, 0.1) is 0 Å². The molecule has 2 aromatic rings. The van der Waals surface area contributed by atoms with Gasteiger partial charge in [-0.1, -0.05) is 18.2 Å². The molecule has 0 amide bonds. The molecule has 1 aliphatic rings. The maximum absolute atomic E-state index is 5.34. The fraction of sp³-hybridized carbons (Fsp3) is 0.500. The third kappa shape index (κ3) is 3.54. The van der Waals surface area contributed by atoms with Crippen LogP contribution in [0, 0.1) is 6.92 Å². The monoisotopic (exact) mass is 286 g/mol. The molecule has 21 heavy (non-hydrogen) atoms. The van der Waals surface area contributed by atoms with Crippen LogP contribution >= 0.6 is 0 Å². The molecule has 0 spiro atoms. The molecule has 5 nitrogen and oxygen atoms in total. The number of hydrogen-bond acceptors (Lipinski definition) is 5. The summed E-state index contributed by atoms with van der Waals surface area (Å²) in [5.41, 5.74) is 2.41. The van der Waals surface area contributed by atoms with Crippen LogP contribution in [0.25, 0.3) is 0 Å². The van der Waals surface area contributed by atoms with Crippen LogP contribution in [0.2, 0.25) is 0 Å². The van der Waals surface area contributed by atoms with Crippen molar-refractivity contribution in [3.8, 4) is 0 Å². The Morgan fingerprint density at radius 1 is 1.19 bits per heavy atom. The Morgan fingerprint density at radius 3 is 2.81 bits per heavy atom. The average molecular weight is 286 g/mol. The maximum atomic E-state index is 5.34. The van der Waals surface area contributed by atoms with Crippen LogP contribution in [0.1, 0.15) is 30.7 Å². The first-order valence-electron chi connectivity index (χ1n) is 7.70. The highest BCUT2D eigenvalue weighted by atomic mass is 16.5. The molecule has 1 fully saturated rings. The number of para-hydroxylation sites is 1. The molecular formula is C16H22N4O. The Morgan fingerprint density at radius 2 is 2.00 bits per heavy atom. The first kappa shape index (κ1) is 13.9. The molecule has 1 aromatic heterocycles. The van der Waals surface area contributed by atoms with Crippen LogP contribution in [0.5, 0.6) is 0 Å². The number of anilines is 2. The van der Waals surface area contributed by atoms with Crippen molar-refractivity contribution in [1.82, 2.24) is 10.1 Å². The van der Waals surface area contributed by atoms with Gasteiger partial charge in [0.1, 0.15) is 0 Å². The Kier molecular flexibility index (Phi) is 4.38. The van der Waals surface area contributed by atoms with Crippen LogP contribution in [-0.4, -0.2) is 29.8 Å². The lowest BCUT2D eigenvalue weighted by Gasteiger charge is -2.24. The van der Waals surface area contributed by atoms with Gasteiger partial charge in [-0.25, -0.2) is 0 Å². The van der Waals surface area contributed by atoms with Gasteiger partial charge in [-0.05, 0) is 43.0 Å². The fourth-order valence-corrected chi connectivity index (χ4v) is 2.65. The molecule has 0 unspecified atom stereocenters. The summed E-state index contributed by atoms with van der Waals surface area (Å²) in [4.78, 5) is 6.71. The van der Waals surface area contributed by atoms with Gasteiger partial charge in [0.15, 0.2) is 0 Å². The molecule has 112 valence electrons. The highest BCUT2D eigenvalue weighted by Crippen LogP contribution is 2.17. The van der Waals surface area contributed by atoms with Crippen molar-refractivity contribution >= 4 is 11.6 Å². The summed E-state index contributed by atoms with van der Waals surface area (Å²) in [6.45, 7) is 4.98. The van der Waals surface area contributed by atoms with E-state index in [1.54, 1.807) is 0 Å². The Hall–Kier alpha value is -2.04. The minimum Gasteiger partial charge on any atom is -0.384 e. The van der Waals surface area contributed by atoms with E-state index >= 15 is 0 Å². The van der Waals surface area contributed by atoms with E-state index in [1.165, 1.54) is 24.8 Å². The number of aromatic nitrogens is 2. The molecule has 0 bridgehead atoms. The first-order chi connectivity index (χ1) is 10.3. The molecule has 1 saturated heterocycles. The highest BCUT2D eigenvalue weighted by molar-refractivity contribution is 5.50. The zero-order valence-corrected chi connectivity index (χ0v) is 12.5. The smallest absolute Gasteiger partial charge is 0.266 e. The van der Waals surface area contributed by atoms with Crippen LogP contribution in [0.3, 0.4) is 0 Å². The minimum atomic E-state index is 0.705. The minimum absolute atomic E-state index is 0.705. The van der Waals surface area contributed by atoms with E-state index < -0.39 is 0 Å². The Labute approximate surface area is 125 Å². The van der Waals surface area contributed by atoms with E-state index in [1.807, 2.05) is 12.1 Å². The van der Waals surface area contributed by atoms with E-state index in [9.17, 15) is 0 Å². The van der Waals surface area contributed by atoms with Crippen molar-refractivity contribution in [1.29, 1.82) is 0 Å². The molecule has 3 rings (SSSR count). The van der Waals surface area contributed by atoms with Gasteiger partial charge < -0.3 is 14.7 Å². The largest absolute Gasteiger partial charge is 0.384 e. The SMILES string of the molecule is Cc1ccccc1NCCc1nc(N2CCCCC2)no1. The lowest BCUT2D eigenvalue weighted by atomic mass is 10.1. The third-order valence-electron chi connectivity index (χ3n) is 3.90. The van der Waals surface area contributed by atoms with Crippen molar-refractivity contribution in [2.45, 2.75) is 32.6 Å². The van der Waals surface area contributed by atoms with Gasteiger partial charge in [0.25, 0.3) is 5.95 Å². The van der Waals surface area contributed by atoms with Gasteiger partial charge in [0.2, 0.25) is 5.89 Å². The fourth-order valence-electron chi connectivity index (χ4n) is 2.65. The van der Waals surface area contributed by atoms with Gasteiger partial charge in [-0.3, -0.25) is 0 Å². The van der Waals surface area contributed by atoms with Crippen LogP contribution in [0.15, 0.2) is 28.8 Å². The van der Waals surface area contributed by atoms with Gasteiger partial charge in [-0.15, -0.1) is 0 Å². The number of rotatable bonds is 5. The van der Waals surface area contributed by atoms with Crippen molar-refractivity contribution < 1.29 is 4.52 Å². The summed E-state index contributed by atoms with van der Waals surface area (Å²) in [6.07, 6.45) is 4.49. The molecular weight excluding hydrogens is 264 g/mol. The predicted molar refractivity (Wildman–Crippen MR) is 83.7 cm³/mol. The predicted octanol–water partition coefficient (Wildman–Crippen LogP) is 3.02. The normalized spacial score (nSPS) is 15.2. The van der Waals surface area contributed by atoms with Crippen molar-refractivity contribution in [3.05, 3.63) is 35.7 Å². The molecule has 5 heteroatoms. The number of nitrogens with one attached hydrogen (secondary N) is 1. The second-order valence-corrected chi connectivity index (χ2v) is 5.53. The number of hydrogen-bond donors (Lipinski definition) is 1.